The SMILES string of the molecule is Nc1ccc(Br)c(CNCc2cccs2)c1. The third-order valence-corrected chi connectivity index (χ3v) is 3.91. The van der Waals surface area contributed by atoms with Gasteiger partial charge in [-0.25, -0.2) is 0 Å². The standard InChI is InChI=1S/C12H13BrN2S/c13-12-4-3-10(14)6-9(12)7-15-8-11-2-1-5-16-11/h1-6,15H,7-8,14H2. The highest BCUT2D eigenvalue weighted by Gasteiger charge is 2.00. The van der Waals surface area contributed by atoms with E-state index in [2.05, 4.69) is 38.8 Å². The molecule has 2 rings (SSSR count). The molecule has 0 saturated carbocycles. The van der Waals surface area contributed by atoms with Crippen LogP contribution in [0.2, 0.25) is 0 Å². The van der Waals surface area contributed by atoms with Crippen LogP contribution in [0.15, 0.2) is 40.2 Å². The summed E-state index contributed by atoms with van der Waals surface area (Å²) in [4.78, 5) is 1.35. The van der Waals surface area contributed by atoms with Crippen molar-refractivity contribution in [1.29, 1.82) is 0 Å². The molecule has 0 aliphatic carbocycles. The minimum absolute atomic E-state index is 0.802. The molecule has 0 atom stereocenters. The Morgan fingerprint density at radius 3 is 2.88 bits per heavy atom. The van der Waals surface area contributed by atoms with Crippen LogP contribution in [0.1, 0.15) is 10.4 Å². The lowest BCUT2D eigenvalue weighted by atomic mass is 10.2. The summed E-state index contributed by atoms with van der Waals surface area (Å²) < 4.78 is 1.10. The number of rotatable bonds is 4. The first kappa shape index (κ1) is 11.6. The number of nitrogen functional groups attached to an aromatic ring is 1. The number of nitrogens with two attached hydrogens (primary N) is 1. The largest absolute Gasteiger partial charge is 0.399 e. The summed E-state index contributed by atoms with van der Waals surface area (Å²) >= 11 is 5.28. The highest BCUT2D eigenvalue weighted by atomic mass is 79.9. The zero-order valence-corrected chi connectivity index (χ0v) is 11.1. The molecule has 1 aromatic heterocycles. The van der Waals surface area contributed by atoms with Crippen molar-refractivity contribution in [3.63, 3.8) is 0 Å². The van der Waals surface area contributed by atoms with E-state index in [-0.39, 0.29) is 0 Å². The summed E-state index contributed by atoms with van der Waals surface area (Å²) in [6, 6.07) is 10.1. The molecule has 0 amide bonds. The topological polar surface area (TPSA) is 38.0 Å². The predicted octanol–water partition coefficient (Wildman–Crippen LogP) is 3.38. The van der Waals surface area contributed by atoms with Gasteiger partial charge in [0.05, 0.1) is 0 Å². The molecule has 2 aromatic rings. The maximum Gasteiger partial charge on any atom is 0.0318 e. The van der Waals surface area contributed by atoms with Crippen LogP contribution in [0.3, 0.4) is 0 Å². The number of nitrogens with one attached hydrogen (secondary N) is 1. The van der Waals surface area contributed by atoms with Gasteiger partial charge in [0, 0.05) is 28.1 Å². The van der Waals surface area contributed by atoms with E-state index in [0.717, 1.165) is 23.2 Å². The molecule has 0 spiro atoms. The summed E-state index contributed by atoms with van der Waals surface area (Å²) in [5, 5.41) is 5.49. The molecule has 0 unspecified atom stereocenters. The minimum atomic E-state index is 0.802. The third-order valence-electron chi connectivity index (χ3n) is 2.26. The number of thiophene rings is 1. The van der Waals surface area contributed by atoms with Gasteiger partial charge in [0.1, 0.15) is 0 Å². The van der Waals surface area contributed by atoms with Gasteiger partial charge in [0.15, 0.2) is 0 Å². The number of anilines is 1. The number of benzene rings is 1. The smallest absolute Gasteiger partial charge is 0.0318 e. The van der Waals surface area contributed by atoms with Crippen molar-refractivity contribution in [2.75, 3.05) is 5.73 Å². The molecule has 1 heterocycles. The molecule has 0 aliphatic rings. The van der Waals surface area contributed by atoms with Crippen molar-refractivity contribution in [2.24, 2.45) is 0 Å². The van der Waals surface area contributed by atoms with Gasteiger partial charge in [0.2, 0.25) is 0 Å². The van der Waals surface area contributed by atoms with E-state index in [4.69, 9.17) is 5.73 Å². The summed E-state index contributed by atoms with van der Waals surface area (Å²) in [6.07, 6.45) is 0. The van der Waals surface area contributed by atoms with E-state index in [1.165, 1.54) is 10.4 Å². The van der Waals surface area contributed by atoms with Crippen LogP contribution < -0.4 is 11.1 Å². The quantitative estimate of drug-likeness (QED) is 0.849. The Kier molecular flexibility index (Phi) is 3.98. The predicted molar refractivity (Wildman–Crippen MR) is 73.4 cm³/mol. The number of halogens is 1. The summed E-state index contributed by atoms with van der Waals surface area (Å²) in [5.74, 6) is 0. The van der Waals surface area contributed by atoms with Gasteiger partial charge in [0.25, 0.3) is 0 Å². The van der Waals surface area contributed by atoms with Crippen LogP contribution in [-0.4, -0.2) is 0 Å². The molecular weight excluding hydrogens is 284 g/mol. The van der Waals surface area contributed by atoms with Gasteiger partial charge >= 0.3 is 0 Å². The average Bonchev–Trinajstić information content (AvgIpc) is 2.76. The van der Waals surface area contributed by atoms with E-state index in [9.17, 15) is 0 Å². The van der Waals surface area contributed by atoms with Crippen LogP contribution in [0, 0.1) is 0 Å². The monoisotopic (exact) mass is 296 g/mol. The Bertz CT molecular complexity index is 454. The first-order valence-corrected chi connectivity index (χ1v) is 6.70. The molecule has 84 valence electrons. The second-order valence-electron chi connectivity index (χ2n) is 3.53. The van der Waals surface area contributed by atoms with E-state index < -0.39 is 0 Å². The maximum atomic E-state index is 5.75. The summed E-state index contributed by atoms with van der Waals surface area (Å²) in [6.45, 7) is 1.72. The van der Waals surface area contributed by atoms with Gasteiger partial charge in [-0.1, -0.05) is 22.0 Å². The molecule has 0 bridgehead atoms. The van der Waals surface area contributed by atoms with Gasteiger partial charge in [-0.15, -0.1) is 11.3 Å². The Morgan fingerprint density at radius 1 is 1.25 bits per heavy atom. The fraction of sp³-hybridized carbons (Fsp3) is 0.167. The highest BCUT2D eigenvalue weighted by Crippen LogP contribution is 2.19. The lowest BCUT2D eigenvalue weighted by Gasteiger charge is -2.06. The van der Waals surface area contributed by atoms with Gasteiger partial charge in [-0.3, -0.25) is 0 Å². The van der Waals surface area contributed by atoms with Crippen molar-refractivity contribution in [2.45, 2.75) is 13.1 Å². The molecule has 16 heavy (non-hydrogen) atoms. The normalized spacial score (nSPS) is 10.6. The van der Waals surface area contributed by atoms with Crippen molar-refractivity contribution in [3.05, 3.63) is 50.6 Å². The molecule has 0 saturated heterocycles. The minimum Gasteiger partial charge on any atom is -0.399 e. The van der Waals surface area contributed by atoms with E-state index >= 15 is 0 Å². The molecule has 0 aliphatic heterocycles. The van der Waals surface area contributed by atoms with E-state index in [0.29, 0.717) is 0 Å². The lowest BCUT2D eigenvalue weighted by Crippen LogP contribution is -2.12. The second kappa shape index (κ2) is 5.48. The molecular formula is C12H13BrN2S. The van der Waals surface area contributed by atoms with E-state index in [1.54, 1.807) is 11.3 Å². The van der Waals surface area contributed by atoms with Crippen molar-refractivity contribution in [3.8, 4) is 0 Å². The Balaban J connectivity index is 1.92. The average molecular weight is 297 g/mol. The van der Waals surface area contributed by atoms with Crippen LogP contribution in [-0.2, 0) is 13.1 Å². The van der Waals surface area contributed by atoms with Crippen LogP contribution in [0.5, 0.6) is 0 Å². The first-order valence-electron chi connectivity index (χ1n) is 5.03. The van der Waals surface area contributed by atoms with Crippen LogP contribution in [0.4, 0.5) is 5.69 Å². The van der Waals surface area contributed by atoms with Gasteiger partial charge in [-0.2, -0.15) is 0 Å². The molecule has 0 fully saturated rings. The Labute approximate surface area is 108 Å². The number of hydrogen-bond acceptors (Lipinski definition) is 3. The van der Waals surface area contributed by atoms with E-state index in [1.807, 2.05) is 18.2 Å². The molecule has 0 radical (unpaired) electrons. The molecule has 2 nitrogen and oxygen atoms in total. The first-order chi connectivity index (χ1) is 7.75. The number of hydrogen-bond donors (Lipinski definition) is 2. The summed E-state index contributed by atoms with van der Waals surface area (Å²) in [5.41, 5.74) is 7.74. The fourth-order valence-electron chi connectivity index (χ4n) is 1.46. The van der Waals surface area contributed by atoms with Crippen molar-refractivity contribution >= 4 is 33.0 Å². The molecule has 3 N–H and O–H groups in total. The maximum absolute atomic E-state index is 5.75. The highest BCUT2D eigenvalue weighted by molar-refractivity contribution is 9.10. The Morgan fingerprint density at radius 2 is 2.12 bits per heavy atom. The van der Waals surface area contributed by atoms with Crippen LogP contribution in [0.25, 0.3) is 0 Å². The van der Waals surface area contributed by atoms with Gasteiger partial charge < -0.3 is 11.1 Å². The third kappa shape index (κ3) is 3.07. The van der Waals surface area contributed by atoms with Crippen molar-refractivity contribution in [1.82, 2.24) is 5.32 Å². The fourth-order valence-corrected chi connectivity index (χ4v) is 2.52. The zero-order valence-electron chi connectivity index (χ0n) is 8.74. The Hall–Kier alpha value is -0.840. The second-order valence-corrected chi connectivity index (χ2v) is 5.42. The zero-order chi connectivity index (χ0) is 11.4. The van der Waals surface area contributed by atoms with Crippen molar-refractivity contribution < 1.29 is 0 Å². The van der Waals surface area contributed by atoms with Gasteiger partial charge in [-0.05, 0) is 35.2 Å². The van der Waals surface area contributed by atoms with Crippen LogP contribution >= 0.6 is 27.3 Å². The molecule has 4 heteroatoms. The lowest BCUT2D eigenvalue weighted by molar-refractivity contribution is 0.699. The summed E-state index contributed by atoms with van der Waals surface area (Å²) in [7, 11) is 0. The molecule has 1 aromatic carbocycles.